The molecule has 0 saturated heterocycles. The lowest BCUT2D eigenvalue weighted by molar-refractivity contribution is -0.121. The van der Waals surface area contributed by atoms with Gasteiger partial charge in [0, 0.05) is 29.4 Å². The van der Waals surface area contributed by atoms with Gasteiger partial charge in [-0.3, -0.25) is 4.79 Å². The molecule has 2 aromatic heterocycles. The third-order valence-electron chi connectivity index (χ3n) is 5.37. The van der Waals surface area contributed by atoms with E-state index in [-0.39, 0.29) is 18.2 Å². The second kappa shape index (κ2) is 8.99. The molecule has 4 aromatic rings. The van der Waals surface area contributed by atoms with Crippen molar-refractivity contribution in [1.29, 1.82) is 0 Å². The number of H-pyrrole nitrogens is 1. The Balaban J connectivity index is 1.68. The number of benzene rings is 2. The van der Waals surface area contributed by atoms with Crippen LogP contribution in [0.15, 0.2) is 65.4 Å². The van der Waals surface area contributed by atoms with E-state index in [1.165, 1.54) is 5.56 Å². The number of hydrogen-bond donors (Lipinski definition) is 2. The molecule has 0 radical (unpaired) electrons. The molecule has 30 heavy (non-hydrogen) atoms. The monoisotopic (exact) mass is 440 g/mol. The van der Waals surface area contributed by atoms with Gasteiger partial charge in [0.1, 0.15) is 5.76 Å². The summed E-state index contributed by atoms with van der Waals surface area (Å²) < 4.78 is 5.31. The normalized spacial score (nSPS) is 12.2. The fraction of sp³-hybridized carbons (Fsp3) is 0.208. The fourth-order valence-electron chi connectivity index (χ4n) is 3.81. The van der Waals surface area contributed by atoms with Crippen molar-refractivity contribution in [3.63, 3.8) is 0 Å². The van der Waals surface area contributed by atoms with Crippen molar-refractivity contribution < 1.29 is 9.21 Å². The SMILES string of the molecule is CCc1cccc2c([C@H](CC(=O)NCc3ccco3)c3ccc(Cl)c(Cl)c3)c[nH]c12. The van der Waals surface area contributed by atoms with Crippen molar-refractivity contribution in [1.82, 2.24) is 10.3 Å². The van der Waals surface area contributed by atoms with E-state index < -0.39 is 0 Å². The van der Waals surface area contributed by atoms with E-state index in [0.717, 1.165) is 28.5 Å². The number of furan rings is 1. The first-order valence-corrected chi connectivity index (χ1v) is 10.6. The van der Waals surface area contributed by atoms with Crippen LogP contribution >= 0.6 is 23.2 Å². The third-order valence-corrected chi connectivity index (χ3v) is 6.10. The molecule has 2 heterocycles. The van der Waals surface area contributed by atoms with Crippen molar-refractivity contribution in [2.45, 2.75) is 32.2 Å². The van der Waals surface area contributed by atoms with Gasteiger partial charge in [0.15, 0.2) is 0 Å². The van der Waals surface area contributed by atoms with Crippen LogP contribution < -0.4 is 5.32 Å². The minimum absolute atomic E-state index is 0.0662. The summed E-state index contributed by atoms with van der Waals surface area (Å²) in [5, 5.41) is 5.03. The van der Waals surface area contributed by atoms with Crippen molar-refractivity contribution >= 4 is 40.0 Å². The van der Waals surface area contributed by atoms with E-state index in [4.69, 9.17) is 27.6 Å². The first kappa shape index (κ1) is 20.6. The number of carbonyl (C=O) groups excluding carboxylic acids is 1. The van der Waals surface area contributed by atoms with Crippen LogP contribution in [0.4, 0.5) is 0 Å². The predicted molar refractivity (Wildman–Crippen MR) is 121 cm³/mol. The molecule has 0 aliphatic rings. The van der Waals surface area contributed by atoms with E-state index in [2.05, 4.69) is 35.4 Å². The van der Waals surface area contributed by atoms with Gasteiger partial charge in [-0.1, -0.05) is 54.4 Å². The molecule has 0 aliphatic carbocycles. The molecule has 0 fully saturated rings. The van der Waals surface area contributed by atoms with Crippen LogP contribution in [0.1, 0.15) is 41.7 Å². The molecule has 1 atom stereocenters. The highest BCUT2D eigenvalue weighted by atomic mass is 35.5. The summed E-state index contributed by atoms with van der Waals surface area (Å²) in [5.74, 6) is 0.481. The van der Waals surface area contributed by atoms with Crippen molar-refractivity contribution in [2.75, 3.05) is 0 Å². The molecule has 6 heteroatoms. The summed E-state index contributed by atoms with van der Waals surface area (Å²) in [5.41, 5.74) is 4.36. The smallest absolute Gasteiger partial charge is 0.221 e. The highest BCUT2D eigenvalue weighted by molar-refractivity contribution is 6.42. The van der Waals surface area contributed by atoms with Gasteiger partial charge in [-0.2, -0.15) is 0 Å². The number of nitrogens with one attached hydrogen (secondary N) is 2. The number of amides is 1. The number of aryl methyl sites for hydroxylation is 1. The predicted octanol–water partition coefficient (Wildman–Crippen LogP) is 6.47. The van der Waals surface area contributed by atoms with Crippen molar-refractivity contribution in [3.05, 3.63) is 93.5 Å². The number of carbonyl (C=O) groups is 1. The summed E-state index contributed by atoms with van der Waals surface area (Å²) in [4.78, 5) is 16.2. The molecule has 0 bridgehead atoms. The molecular formula is C24H22Cl2N2O2. The molecule has 0 saturated carbocycles. The van der Waals surface area contributed by atoms with Gasteiger partial charge in [-0.05, 0) is 47.4 Å². The van der Waals surface area contributed by atoms with Crippen LogP contribution in [0.25, 0.3) is 10.9 Å². The Kier molecular flexibility index (Phi) is 6.16. The molecule has 2 aromatic carbocycles. The van der Waals surface area contributed by atoms with Gasteiger partial charge in [-0.25, -0.2) is 0 Å². The van der Waals surface area contributed by atoms with E-state index in [1.807, 2.05) is 24.4 Å². The second-order valence-corrected chi connectivity index (χ2v) is 8.04. The molecule has 0 unspecified atom stereocenters. The van der Waals surface area contributed by atoms with Crippen molar-refractivity contribution in [3.8, 4) is 0 Å². The van der Waals surface area contributed by atoms with Gasteiger partial charge in [-0.15, -0.1) is 0 Å². The van der Waals surface area contributed by atoms with Gasteiger partial charge in [0.2, 0.25) is 5.91 Å². The maximum Gasteiger partial charge on any atom is 0.221 e. The molecule has 1 amide bonds. The topological polar surface area (TPSA) is 58.0 Å². The standard InChI is InChI=1S/C24H22Cl2N2O2/c1-2-15-5-3-7-18-20(14-28-24(15)18)19(16-8-9-21(25)22(26)11-16)12-23(29)27-13-17-6-4-10-30-17/h3-11,14,19,28H,2,12-13H2,1H3,(H,27,29)/t19-/m1/s1. The van der Waals surface area contributed by atoms with Crippen LogP contribution in [0.5, 0.6) is 0 Å². The zero-order valence-electron chi connectivity index (χ0n) is 16.5. The Bertz CT molecular complexity index is 1170. The van der Waals surface area contributed by atoms with Crippen LogP contribution in [0, 0.1) is 0 Å². The highest BCUT2D eigenvalue weighted by Gasteiger charge is 2.23. The number of rotatable bonds is 7. The Hall–Kier alpha value is -2.69. The lowest BCUT2D eigenvalue weighted by atomic mass is 9.87. The number of aromatic amines is 1. The van der Waals surface area contributed by atoms with Crippen molar-refractivity contribution in [2.24, 2.45) is 0 Å². The summed E-state index contributed by atoms with van der Waals surface area (Å²) in [6.45, 7) is 2.49. The molecule has 0 spiro atoms. The Morgan fingerprint density at radius 1 is 1.13 bits per heavy atom. The van der Waals surface area contributed by atoms with E-state index in [0.29, 0.717) is 22.4 Å². The minimum atomic E-state index is -0.169. The fourth-order valence-corrected chi connectivity index (χ4v) is 4.12. The third kappa shape index (κ3) is 4.25. The van der Waals surface area contributed by atoms with Crippen LogP contribution in [0.3, 0.4) is 0 Å². The molecule has 4 rings (SSSR count). The average molecular weight is 441 g/mol. The largest absolute Gasteiger partial charge is 0.467 e. The quantitative estimate of drug-likeness (QED) is 0.345. The van der Waals surface area contributed by atoms with E-state index in [1.54, 1.807) is 18.4 Å². The zero-order chi connectivity index (χ0) is 21.1. The number of para-hydroxylation sites is 1. The minimum Gasteiger partial charge on any atom is -0.467 e. The number of aromatic nitrogens is 1. The molecule has 2 N–H and O–H groups in total. The van der Waals surface area contributed by atoms with Gasteiger partial charge >= 0.3 is 0 Å². The first-order chi connectivity index (χ1) is 14.6. The Morgan fingerprint density at radius 2 is 2.00 bits per heavy atom. The summed E-state index contributed by atoms with van der Waals surface area (Å²) in [6.07, 6.45) is 4.80. The maximum absolute atomic E-state index is 12.8. The first-order valence-electron chi connectivity index (χ1n) is 9.89. The molecule has 0 aliphatic heterocycles. The number of halogens is 2. The zero-order valence-corrected chi connectivity index (χ0v) is 18.1. The van der Waals surface area contributed by atoms with Gasteiger partial charge in [0.25, 0.3) is 0 Å². The molecule has 154 valence electrons. The Morgan fingerprint density at radius 3 is 2.73 bits per heavy atom. The van der Waals surface area contributed by atoms with E-state index in [9.17, 15) is 4.79 Å². The van der Waals surface area contributed by atoms with Gasteiger partial charge in [0.05, 0.1) is 22.9 Å². The van der Waals surface area contributed by atoms with E-state index >= 15 is 0 Å². The summed E-state index contributed by atoms with van der Waals surface area (Å²) >= 11 is 12.4. The van der Waals surface area contributed by atoms with Gasteiger partial charge < -0.3 is 14.7 Å². The van der Waals surface area contributed by atoms with Crippen LogP contribution in [0.2, 0.25) is 10.0 Å². The number of fused-ring (bicyclic) bond motifs is 1. The maximum atomic E-state index is 12.8. The lowest BCUT2D eigenvalue weighted by Crippen LogP contribution is -2.24. The summed E-state index contributed by atoms with van der Waals surface area (Å²) in [6, 6.07) is 15.5. The second-order valence-electron chi connectivity index (χ2n) is 7.22. The molecule has 4 nitrogen and oxygen atoms in total. The molecular weight excluding hydrogens is 419 g/mol. The number of hydrogen-bond acceptors (Lipinski definition) is 2. The average Bonchev–Trinajstić information content (AvgIpc) is 3.42. The highest BCUT2D eigenvalue weighted by Crippen LogP contribution is 2.36. The van der Waals surface area contributed by atoms with Crippen LogP contribution in [-0.4, -0.2) is 10.9 Å². The Labute approximate surface area is 185 Å². The van der Waals surface area contributed by atoms with Crippen LogP contribution in [-0.2, 0) is 17.8 Å². The summed E-state index contributed by atoms with van der Waals surface area (Å²) in [7, 11) is 0. The lowest BCUT2D eigenvalue weighted by Gasteiger charge is -2.18.